The molecular weight excluding hydrogens is 245 g/mol. The summed E-state index contributed by atoms with van der Waals surface area (Å²) in [5, 5.41) is 2.94. The second kappa shape index (κ2) is 6.02. The van der Waals surface area contributed by atoms with Gasteiger partial charge in [-0.2, -0.15) is 0 Å². The largest absolute Gasteiger partial charge is 0.399 e. The predicted molar refractivity (Wildman–Crippen MR) is 72.9 cm³/mol. The maximum Gasteiger partial charge on any atom is 0.217 e. The Kier molecular flexibility index (Phi) is 4.37. The Balaban J connectivity index is 1.86. The number of rotatable bonds is 3. The molecule has 5 heteroatoms. The Bertz CT molecular complexity index is 436. The molecule has 104 valence electrons. The van der Waals surface area contributed by atoms with Crippen LogP contribution in [-0.2, 0) is 11.3 Å². The van der Waals surface area contributed by atoms with Crippen LogP contribution in [0.1, 0.15) is 25.3 Å². The van der Waals surface area contributed by atoms with E-state index in [2.05, 4.69) is 10.2 Å². The molecule has 1 aliphatic rings. The zero-order valence-electron chi connectivity index (χ0n) is 11.2. The van der Waals surface area contributed by atoms with Gasteiger partial charge in [0.25, 0.3) is 0 Å². The van der Waals surface area contributed by atoms with Crippen molar-refractivity contribution in [3.05, 3.63) is 29.6 Å². The average molecular weight is 265 g/mol. The van der Waals surface area contributed by atoms with Crippen molar-refractivity contribution in [2.75, 3.05) is 18.8 Å². The Morgan fingerprint density at radius 2 is 2.11 bits per heavy atom. The van der Waals surface area contributed by atoms with Crippen molar-refractivity contribution in [2.45, 2.75) is 32.4 Å². The van der Waals surface area contributed by atoms with E-state index >= 15 is 0 Å². The molecule has 0 aliphatic carbocycles. The molecule has 0 bridgehead atoms. The van der Waals surface area contributed by atoms with Gasteiger partial charge in [-0.25, -0.2) is 4.39 Å². The molecule has 1 aromatic rings. The normalized spacial score (nSPS) is 17.4. The molecule has 0 saturated carbocycles. The monoisotopic (exact) mass is 265 g/mol. The topological polar surface area (TPSA) is 58.4 Å². The number of nitrogens with one attached hydrogen (secondary N) is 1. The summed E-state index contributed by atoms with van der Waals surface area (Å²) >= 11 is 0. The predicted octanol–water partition coefficient (Wildman–Crippen LogP) is 1.51. The van der Waals surface area contributed by atoms with E-state index in [0.717, 1.165) is 31.5 Å². The van der Waals surface area contributed by atoms with E-state index in [9.17, 15) is 9.18 Å². The van der Waals surface area contributed by atoms with Crippen molar-refractivity contribution < 1.29 is 9.18 Å². The third kappa shape index (κ3) is 4.21. The fourth-order valence-electron chi connectivity index (χ4n) is 2.55. The average Bonchev–Trinajstić information content (AvgIpc) is 2.29. The third-order valence-electron chi connectivity index (χ3n) is 3.38. The van der Waals surface area contributed by atoms with Crippen molar-refractivity contribution in [1.82, 2.24) is 10.2 Å². The smallest absolute Gasteiger partial charge is 0.217 e. The number of hydrogen-bond acceptors (Lipinski definition) is 3. The van der Waals surface area contributed by atoms with E-state index in [1.54, 1.807) is 6.92 Å². The highest BCUT2D eigenvalue weighted by molar-refractivity contribution is 5.73. The van der Waals surface area contributed by atoms with Gasteiger partial charge in [0.15, 0.2) is 0 Å². The minimum Gasteiger partial charge on any atom is -0.399 e. The van der Waals surface area contributed by atoms with Gasteiger partial charge in [0.05, 0.1) is 0 Å². The number of piperidine rings is 1. The fraction of sp³-hybridized carbons (Fsp3) is 0.500. The van der Waals surface area contributed by atoms with Crippen LogP contribution in [0.5, 0.6) is 0 Å². The van der Waals surface area contributed by atoms with Gasteiger partial charge in [0.1, 0.15) is 5.82 Å². The van der Waals surface area contributed by atoms with Crippen molar-refractivity contribution in [2.24, 2.45) is 0 Å². The Morgan fingerprint density at radius 3 is 2.68 bits per heavy atom. The summed E-state index contributed by atoms with van der Waals surface area (Å²) in [6, 6.07) is 4.93. The zero-order chi connectivity index (χ0) is 13.8. The number of likely N-dealkylation sites (tertiary alicyclic amines) is 1. The molecule has 1 amide bonds. The lowest BCUT2D eigenvalue weighted by molar-refractivity contribution is -0.119. The molecule has 1 saturated heterocycles. The summed E-state index contributed by atoms with van der Waals surface area (Å²) < 4.78 is 13.2. The molecule has 1 aromatic carbocycles. The van der Waals surface area contributed by atoms with Gasteiger partial charge in [-0.15, -0.1) is 0 Å². The summed E-state index contributed by atoms with van der Waals surface area (Å²) in [5.41, 5.74) is 7.00. The van der Waals surface area contributed by atoms with Gasteiger partial charge in [-0.05, 0) is 36.6 Å². The van der Waals surface area contributed by atoms with E-state index in [0.29, 0.717) is 12.2 Å². The van der Waals surface area contributed by atoms with E-state index in [1.807, 2.05) is 6.07 Å². The Labute approximate surface area is 112 Å². The van der Waals surface area contributed by atoms with Gasteiger partial charge in [0, 0.05) is 38.3 Å². The number of amides is 1. The van der Waals surface area contributed by atoms with Crippen LogP contribution in [-0.4, -0.2) is 29.9 Å². The minimum absolute atomic E-state index is 0.0244. The molecular formula is C14H20FN3O. The first-order valence-electron chi connectivity index (χ1n) is 6.57. The van der Waals surface area contributed by atoms with E-state index in [4.69, 9.17) is 5.73 Å². The summed E-state index contributed by atoms with van der Waals surface area (Å²) in [5.74, 6) is -0.264. The minimum atomic E-state index is -0.289. The highest BCUT2D eigenvalue weighted by atomic mass is 19.1. The lowest BCUT2D eigenvalue weighted by Gasteiger charge is -2.32. The molecule has 1 fully saturated rings. The number of carbonyl (C=O) groups is 1. The first kappa shape index (κ1) is 13.8. The van der Waals surface area contributed by atoms with Gasteiger partial charge < -0.3 is 11.1 Å². The maximum atomic E-state index is 13.2. The molecule has 2 rings (SSSR count). The van der Waals surface area contributed by atoms with Crippen molar-refractivity contribution >= 4 is 11.6 Å². The second-order valence-corrected chi connectivity index (χ2v) is 5.14. The van der Waals surface area contributed by atoms with Crippen LogP contribution in [0.15, 0.2) is 18.2 Å². The number of nitrogen functional groups attached to an aromatic ring is 1. The SMILES string of the molecule is CC(=O)NC1CCN(Cc2cc(N)cc(F)c2)CC1. The first-order valence-corrected chi connectivity index (χ1v) is 6.57. The van der Waals surface area contributed by atoms with Crippen molar-refractivity contribution in [3.8, 4) is 0 Å². The van der Waals surface area contributed by atoms with Crippen LogP contribution in [0, 0.1) is 5.82 Å². The van der Waals surface area contributed by atoms with Gasteiger partial charge in [-0.1, -0.05) is 0 Å². The fourth-order valence-corrected chi connectivity index (χ4v) is 2.55. The number of nitrogens with two attached hydrogens (primary N) is 1. The number of anilines is 1. The van der Waals surface area contributed by atoms with Gasteiger partial charge in [-0.3, -0.25) is 9.69 Å². The van der Waals surface area contributed by atoms with Gasteiger partial charge in [0.2, 0.25) is 5.91 Å². The Morgan fingerprint density at radius 1 is 1.42 bits per heavy atom. The molecule has 0 spiro atoms. The first-order chi connectivity index (χ1) is 9.02. The van der Waals surface area contributed by atoms with Crippen LogP contribution in [0.2, 0.25) is 0 Å². The van der Waals surface area contributed by atoms with Crippen molar-refractivity contribution in [3.63, 3.8) is 0 Å². The van der Waals surface area contributed by atoms with Crippen LogP contribution < -0.4 is 11.1 Å². The van der Waals surface area contributed by atoms with Crippen LogP contribution >= 0.6 is 0 Å². The lowest BCUT2D eigenvalue weighted by Crippen LogP contribution is -2.43. The van der Waals surface area contributed by atoms with Gasteiger partial charge >= 0.3 is 0 Å². The number of hydrogen-bond donors (Lipinski definition) is 2. The van der Waals surface area contributed by atoms with Crippen molar-refractivity contribution in [1.29, 1.82) is 0 Å². The van der Waals surface area contributed by atoms with E-state index in [-0.39, 0.29) is 17.8 Å². The molecule has 1 heterocycles. The van der Waals surface area contributed by atoms with Crippen LogP contribution in [0.25, 0.3) is 0 Å². The number of benzene rings is 1. The Hall–Kier alpha value is -1.62. The van der Waals surface area contributed by atoms with Crippen LogP contribution in [0.3, 0.4) is 0 Å². The molecule has 3 N–H and O–H groups in total. The standard InChI is InChI=1S/C14H20FN3O/c1-10(19)17-14-2-4-18(5-3-14)9-11-6-12(15)8-13(16)7-11/h6-8,14H,2-5,9,16H2,1H3,(H,17,19). The third-order valence-corrected chi connectivity index (χ3v) is 3.38. The molecule has 4 nitrogen and oxygen atoms in total. The molecule has 1 aliphatic heterocycles. The molecule has 0 aromatic heterocycles. The zero-order valence-corrected chi connectivity index (χ0v) is 11.2. The summed E-state index contributed by atoms with van der Waals surface area (Å²) in [7, 11) is 0. The van der Waals surface area contributed by atoms with E-state index < -0.39 is 0 Å². The van der Waals surface area contributed by atoms with E-state index in [1.165, 1.54) is 12.1 Å². The quantitative estimate of drug-likeness (QED) is 0.814. The summed E-state index contributed by atoms with van der Waals surface area (Å²) in [6.45, 7) is 4.05. The molecule has 19 heavy (non-hydrogen) atoms. The number of carbonyl (C=O) groups excluding carboxylic acids is 1. The highest BCUT2D eigenvalue weighted by Crippen LogP contribution is 2.16. The van der Waals surface area contributed by atoms with Crippen LogP contribution in [0.4, 0.5) is 10.1 Å². The molecule has 0 atom stereocenters. The summed E-state index contributed by atoms with van der Waals surface area (Å²) in [4.78, 5) is 13.2. The highest BCUT2D eigenvalue weighted by Gasteiger charge is 2.19. The summed E-state index contributed by atoms with van der Waals surface area (Å²) in [6.07, 6.45) is 1.87. The lowest BCUT2D eigenvalue weighted by atomic mass is 10.0. The molecule has 0 unspecified atom stereocenters. The number of halogens is 1. The molecule has 0 radical (unpaired) electrons. The second-order valence-electron chi connectivity index (χ2n) is 5.14. The maximum absolute atomic E-state index is 13.2. The number of nitrogens with zero attached hydrogens (tertiary/aromatic N) is 1.